The average molecular weight is 257 g/mol. The number of benzene rings is 1. The molecule has 0 fully saturated rings. The van der Waals surface area contributed by atoms with Crippen molar-refractivity contribution in [3.8, 4) is 0 Å². The molecule has 1 aromatic carbocycles. The van der Waals surface area contributed by atoms with Crippen LogP contribution in [0, 0.1) is 6.92 Å². The van der Waals surface area contributed by atoms with Crippen molar-refractivity contribution in [2.45, 2.75) is 20.3 Å². The summed E-state index contributed by atoms with van der Waals surface area (Å²) in [5, 5.41) is 6.50. The highest BCUT2D eigenvalue weighted by molar-refractivity contribution is 5.61. The van der Waals surface area contributed by atoms with Crippen LogP contribution in [0.15, 0.2) is 30.3 Å². The number of hydrogen-bond acceptors (Lipinski definition) is 5. The third-order valence-electron chi connectivity index (χ3n) is 2.58. The Bertz CT molecular complexity index is 536. The number of aryl methyl sites for hydroxylation is 1. The van der Waals surface area contributed by atoms with Crippen molar-refractivity contribution in [1.82, 2.24) is 9.97 Å². The Kier molecular flexibility index (Phi) is 4.18. The van der Waals surface area contributed by atoms with Crippen LogP contribution in [0.3, 0.4) is 0 Å². The summed E-state index contributed by atoms with van der Waals surface area (Å²) in [5.41, 5.74) is 7.36. The number of rotatable bonds is 5. The smallest absolute Gasteiger partial charge is 0.136 e. The zero-order valence-corrected chi connectivity index (χ0v) is 11.3. The summed E-state index contributed by atoms with van der Waals surface area (Å²) in [7, 11) is 0. The van der Waals surface area contributed by atoms with Gasteiger partial charge in [0.25, 0.3) is 0 Å². The number of nitrogens with zero attached hydrogens (tertiary/aromatic N) is 2. The van der Waals surface area contributed by atoms with Crippen LogP contribution in [0.1, 0.15) is 19.2 Å². The van der Waals surface area contributed by atoms with Crippen molar-refractivity contribution in [3.63, 3.8) is 0 Å². The fraction of sp³-hybridized carbons (Fsp3) is 0.286. The molecule has 2 rings (SSSR count). The SMILES string of the molecule is CCCNc1cc(Nc2ccc(N)cc2)nc(C)n1. The highest BCUT2D eigenvalue weighted by Gasteiger charge is 2.02. The van der Waals surface area contributed by atoms with Crippen molar-refractivity contribution in [2.24, 2.45) is 0 Å². The minimum Gasteiger partial charge on any atom is -0.399 e. The Hall–Kier alpha value is -2.30. The molecular weight excluding hydrogens is 238 g/mol. The van der Waals surface area contributed by atoms with Gasteiger partial charge in [0, 0.05) is 24.0 Å². The molecule has 0 aliphatic heterocycles. The molecule has 100 valence electrons. The third kappa shape index (κ3) is 3.84. The maximum Gasteiger partial charge on any atom is 0.136 e. The standard InChI is InChI=1S/C14H19N5/c1-3-8-16-13-9-14(18-10(2)17-13)19-12-6-4-11(15)5-7-12/h4-7,9H,3,8,15H2,1-2H3,(H2,16,17,18,19). The van der Waals surface area contributed by atoms with Crippen LogP contribution in [-0.2, 0) is 0 Å². The van der Waals surface area contributed by atoms with Crippen LogP contribution in [0.4, 0.5) is 23.0 Å². The van der Waals surface area contributed by atoms with E-state index in [2.05, 4.69) is 27.5 Å². The Balaban J connectivity index is 2.15. The van der Waals surface area contributed by atoms with E-state index in [1.54, 1.807) is 0 Å². The highest BCUT2D eigenvalue weighted by Crippen LogP contribution is 2.18. The zero-order chi connectivity index (χ0) is 13.7. The normalized spacial score (nSPS) is 10.2. The summed E-state index contributed by atoms with van der Waals surface area (Å²) in [6.45, 7) is 4.90. The summed E-state index contributed by atoms with van der Waals surface area (Å²) in [6.07, 6.45) is 1.06. The summed E-state index contributed by atoms with van der Waals surface area (Å²) >= 11 is 0. The van der Waals surface area contributed by atoms with Crippen LogP contribution in [0.2, 0.25) is 0 Å². The number of aromatic nitrogens is 2. The van der Waals surface area contributed by atoms with E-state index < -0.39 is 0 Å². The van der Waals surface area contributed by atoms with Gasteiger partial charge < -0.3 is 16.4 Å². The van der Waals surface area contributed by atoms with E-state index in [9.17, 15) is 0 Å². The molecular formula is C14H19N5. The van der Waals surface area contributed by atoms with E-state index in [1.807, 2.05) is 37.3 Å². The molecule has 5 nitrogen and oxygen atoms in total. The Morgan fingerprint density at radius 1 is 1.11 bits per heavy atom. The molecule has 0 radical (unpaired) electrons. The van der Waals surface area contributed by atoms with E-state index >= 15 is 0 Å². The molecule has 19 heavy (non-hydrogen) atoms. The van der Waals surface area contributed by atoms with Gasteiger partial charge in [-0.25, -0.2) is 9.97 Å². The van der Waals surface area contributed by atoms with Gasteiger partial charge >= 0.3 is 0 Å². The van der Waals surface area contributed by atoms with E-state index in [4.69, 9.17) is 5.73 Å². The number of nitrogens with two attached hydrogens (primary N) is 1. The highest BCUT2D eigenvalue weighted by atomic mass is 15.1. The number of hydrogen-bond donors (Lipinski definition) is 3. The quantitative estimate of drug-likeness (QED) is 0.718. The van der Waals surface area contributed by atoms with E-state index in [0.29, 0.717) is 0 Å². The fourth-order valence-corrected chi connectivity index (χ4v) is 1.69. The lowest BCUT2D eigenvalue weighted by Gasteiger charge is -2.09. The molecule has 2 aromatic rings. The van der Waals surface area contributed by atoms with Crippen molar-refractivity contribution in [3.05, 3.63) is 36.2 Å². The lowest BCUT2D eigenvalue weighted by atomic mass is 10.3. The second-order valence-electron chi connectivity index (χ2n) is 4.36. The zero-order valence-electron chi connectivity index (χ0n) is 11.3. The number of anilines is 4. The first kappa shape index (κ1) is 13.1. The van der Waals surface area contributed by atoms with Gasteiger partial charge in [-0.05, 0) is 37.6 Å². The molecule has 5 heteroatoms. The molecule has 0 amide bonds. The van der Waals surface area contributed by atoms with Crippen molar-refractivity contribution < 1.29 is 0 Å². The third-order valence-corrected chi connectivity index (χ3v) is 2.58. The van der Waals surface area contributed by atoms with Crippen LogP contribution >= 0.6 is 0 Å². The van der Waals surface area contributed by atoms with E-state index in [0.717, 1.165) is 41.8 Å². The second kappa shape index (κ2) is 6.04. The molecule has 0 atom stereocenters. The maximum atomic E-state index is 5.66. The Morgan fingerprint density at radius 3 is 2.47 bits per heavy atom. The van der Waals surface area contributed by atoms with Gasteiger partial charge in [-0.3, -0.25) is 0 Å². The van der Waals surface area contributed by atoms with Gasteiger partial charge in [-0.15, -0.1) is 0 Å². The summed E-state index contributed by atoms with van der Waals surface area (Å²) in [5.74, 6) is 2.35. The number of nitrogen functional groups attached to an aromatic ring is 1. The van der Waals surface area contributed by atoms with Crippen molar-refractivity contribution in [2.75, 3.05) is 22.9 Å². The summed E-state index contributed by atoms with van der Waals surface area (Å²) in [4.78, 5) is 8.71. The molecule has 1 heterocycles. The Morgan fingerprint density at radius 2 is 1.79 bits per heavy atom. The monoisotopic (exact) mass is 257 g/mol. The maximum absolute atomic E-state index is 5.66. The fourth-order valence-electron chi connectivity index (χ4n) is 1.69. The first-order valence-electron chi connectivity index (χ1n) is 6.39. The van der Waals surface area contributed by atoms with Crippen LogP contribution in [0.5, 0.6) is 0 Å². The largest absolute Gasteiger partial charge is 0.399 e. The van der Waals surface area contributed by atoms with Crippen LogP contribution in [-0.4, -0.2) is 16.5 Å². The minimum atomic E-state index is 0.735. The van der Waals surface area contributed by atoms with Gasteiger partial charge in [-0.2, -0.15) is 0 Å². The summed E-state index contributed by atoms with van der Waals surface area (Å²) < 4.78 is 0. The average Bonchev–Trinajstić information content (AvgIpc) is 2.38. The molecule has 0 spiro atoms. The minimum absolute atomic E-state index is 0.735. The van der Waals surface area contributed by atoms with E-state index in [-0.39, 0.29) is 0 Å². The summed E-state index contributed by atoms with van der Waals surface area (Å²) in [6, 6.07) is 9.45. The van der Waals surface area contributed by atoms with Crippen molar-refractivity contribution in [1.29, 1.82) is 0 Å². The first-order chi connectivity index (χ1) is 9.17. The predicted molar refractivity (Wildman–Crippen MR) is 79.7 cm³/mol. The Labute approximate surface area is 113 Å². The van der Waals surface area contributed by atoms with Gasteiger partial charge in [0.1, 0.15) is 17.5 Å². The van der Waals surface area contributed by atoms with Gasteiger partial charge in [0.05, 0.1) is 0 Å². The molecule has 1 aromatic heterocycles. The molecule has 0 saturated heterocycles. The predicted octanol–water partition coefficient (Wildman–Crippen LogP) is 2.93. The first-order valence-corrected chi connectivity index (χ1v) is 6.39. The topological polar surface area (TPSA) is 75.9 Å². The second-order valence-corrected chi connectivity index (χ2v) is 4.36. The molecule has 0 saturated carbocycles. The molecule has 0 aliphatic carbocycles. The van der Waals surface area contributed by atoms with Crippen LogP contribution in [0.25, 0.3) is 0 Å². The lowest BCUT2D eigenvalue weighted by molar-refractivity contribution is 0.955. The van der Waals surface area contributed by atoms with Crippen LogP contribution < -0.4 is 16.4 Å². The van der Waals surface area contributed by atoms with Crippen molar-refractivity contribution >= 4 is 23.0 Å². The van der Waals surface area contributed by atoms with Gasteiger partial charge in [-0.1, -0.05) is 6.92 Å². The van der Waals surface area contributed by atoms with Gasteiger partial charge in [0.2, 0.25) is 0 Å². The molecule has 0 bridgehead atoms. The molecule has 0 aliphatic rings. The molecule has 4 N–H and O–H groups in total. The van der Waals surface area contributed by atoms with E-state index in [1.165, 1.54) is 0 Å². The number of nitrogens with one attached hydrogen (secondary N) is 2. The van der Waals surface area contributed by atoms with Gasteiger partial charge in [0.15, 0.2) is 0 Å². The molecule has 0 unspecified atom stereocenters. The lowest BCUT2D eigenvalue weighted by Crippen LogP contribution is -2.05.